The lowest BCUT2D eigenvalue weighted by Gasteiger charge is -2.23. The smallest absolute Gasteiger partial charge is 0.264 e. The van der Waals surface area contributed by atoms with Crippen molar-refractivity contribution in [1.82, 2.24) is 14.8 Å². The minimum absolute atomic E-state index is 0.0523. The van der Waals surface area contributed by atoms with Gasteiger partial charge in [0.1, 0.15) is 4.90 Å². The predicted molar refractivity (Wildman–Crippen MR) is 156 cm³/mol. The zero-order valence-corrected chi connectivity index (χ0v) is 23.7. The Morgan fingerprint density at radius 2 is 1.73 bits per heavy atom. The Morgan fingerprint density at radius 3 is 2.49 bits per heavy atom. The number of amides is 1. The molecule has 10 nitrogen and oxygen atoms in total. The summed E-state index contributed by atoms with van der Waals surface area (Å²) in [5, 5.41) is 11.4. The van der Waals surface area contributed by atoms with E-state index in [4.69, 9.17) is 9.47 Å². The number of hydrogen-bond donors (Lipinski definition) is 2. The summed E-state index contributed by atoms with van der Waals surface area (Å²) in [5.41, 5.74) is 1.95. The zero-order chi connectivity index (χ0) is 29.0. The fraction of sp³-hybridized carbons (Fsp3) is 0.267. The third-order valence-corrected chi connectivity index (χ3v) is 8.55. The number of nitrogens with zero attached hydrogens (tertiary/aromatic N) is 3. The van der Waals surface area contributed by atoms with E-state index in [1.807, 2.05) is 18.2 Å². The summed E-state index contributed by atoms with van der Waals surface area (Å²) in [7, 11) is -0.880. The molecular formula is C30H32N4O6S. The first-order chi connectivity index (χ1) is 19.8. The van der Waals surface area contributed by atoms with Gasteiger partial charge in [-0.25, -0.2) is 8.42 Å². The van der Waals surface area contributed by atoms with Crippen LogP contribution in [0.4, 0.5) is 5.69 Å². The van der Waals surface area contributed by atoms with Crippen LogP contribution < -0.4 is 14.2 Å². The van der Waals surface area contributed by atoms with Crippen LogP contribution in [0, 0.1) is 0 Å². The van der Waals surface area contributed by atoms with Crippen molar-refractivity contribution in [1.29, 1.82) is 0 Å². The number of hydrogen-bond acceptors (Lipinski definition) is 8. The van der Waals surface area contributed by atoms with Crippen LogP contribution >= 0.6 is 0 Å². The first-order valence-electron chi connectivity index (χ1n) is 13.2. The van der Waals surface area contributed by atoms with Crippen LogP contribution in [0.2, 0.25) is 0 Å². The maximum absolute atomic E-state index is 13.3. The number of anilines is 1. The number of rotatable bonds is 8. The molecule has 1 saturated heterocycles. The molecule has 5 rings (SSSR count). The molecule has 1 aliphatic rings. The van der Waals surface area contributed by atoms with Gasteiger partial charge in [-0.3, -0.25) is 19.4 Å². The van der Waals surface area contributed by atoms with E-state index >= 15 is 0 Å². The predicted octanol–water partition coefficient (Wildman–Crippen LogP) is 4.11. The summed E-state index contributed by atoms with van der Waals surface area (Å²) < 4.78 is 39.4. The molecule has 0 spiro atoms. The Morgan fingerprint density at radius 1 is 0.951 bits per heavy atom. The summed E-state index contributed by atoms with van der Waals surface area (Å²) in [4.78, 5) is 21.6. The van der Waals surface area contributed by atoms with Gasteiger partial charge < -0.3 is 19.5 Å². The van der Waals surface area contributed by atoms with Gasteiger partial charge in [0.25, 0.3) is 15.9 Å². The van der Waals surface area contributed by atoms with E-state index in [0.29, 0.717) is 54.4 Å². The second-order valence-corrected chi connectivity index (χ2v) is 11.4. The molecule has 2 heterocycles. The van der Waals surface area contributed by atoms with Crippen LogP contribution in [0.3, 0.4) is 0 Å². The van der Waals surface area contributed by atoms with E-state index in [1.165, 1.54) is 20.3 Å². The number of sulfonamides is 1. The number of ether oxygens (including phenoxy) is 2. The van der Waals surface area contributed by atoms with Crippen molar-refractivity contribution in [2.45, 2.75) is 17.9 Å². The van der Waals surface area contributed by atoms with Crippen LogP contribution in [0.5, 0.6) is 17.2 Å². The van der Waals surface area contributed by atoms with Crippen molar-refractivity contribution in [2.24, 2.45) is 0 Å². The van der Waals surface area contributed by atoms with Gasteiger partial charge in [-0.2, -0.15) is 0 Å². The van der Waals surface area contributed by atoms with Gasteiger partial charge in [0.05, 0.1) is 19.7 Å². The molecule has 0 radical (unpaired) electrons. The number of phenols is 1. The van der Waals surface area contributed by atoms with Crippen molar-refractivity contribution in [3.05, 3.63) is 84.1 Å². The average Bonchev–Trinajstić information content (AvgIpc) is 3.23. The van der Waals surface area contributed by atoms with Crippen molar-refractivity contribution < 1.29 is 27.8 Å². The zero-order valence-electron chi connectivity index (χ0n) is 22.9. The molecule has 0 bridgehead atoms. The van der Waals surface area contributed by atoms with Crippen molar-refractivity contribution in [2.75, 3.05) is 45.1 Å². The number of pyridine rings is 1. The second kappa shape index (κ2) is 12.0. The number of phenolic OH excluding ortho intramolecular Hbond substituents is 1. The maximum Gasteiger partial charge on any atom is 0.264 e. The topological polar surface area (TPSA) is 121 Å². The lowest BCUT2D eigenvalue weighted by atomic mass is 10.1. The molecule has 0 atom stereocenters. The number of aromatic hydroxyl groups is 1. The van der Waals surface area contributed by atoms with Gasteiger partial charge >= 0.3 is 0 Å². The quantitative estimate of drug-likeness (QED) is 0.322. The van der Waals surface area contributed by atoms with Crippen molar-refractivity contribution >= 4 is 32.5 Å². The van der Waals surface area contributed by atoms with E-state index in [-0.39, 0.29) is 16.6 Å². The molecule has 1 amide bonds. The molecule has 0 unspecified atom stereocenters. The molecule has 2 N–H and O–H groups in total. The van der Waals surface area contributed by atoms with Crippen LogP contribution in [-0.4, -0.2) is 74.6 Å². The molecule has 1 aromatic heterocycles. The highest BCUT2D eigenvalue weighted by Gasteiger charge is 2.23. The van der Waals surface area contributed by atoms with E-state index < -0.39 is 10.0 Å². The Kier molecular flexibility index (Phi) is 8.27. The molecule has 0 aliphatic carbocycles. The van der Waals surface area contributed by atoms with E-state index in [9.17, 15) is 18.3 Å². The standard InChI is InChI=1S/C30H32N4O6S/c1-39-25-14-11-23(28(35)29(25)40-2)20-33-16-5-17-34(19-18-33)30(36)22-9-12-24(13-10-22)32-41(37,38)26-8-3-6-21-7-4-15-31-27(21)26/h3-4,6-15,32,35H,5,16-20H2,1-2H3. The molecular weight excluding hydrogens is 544 g/mol. The first-order valence-corrected chi connectivity index (χ1v) is 14.7. The maximum atomic E-state index is 13.3. The summed E-state index contributed by atoms with van der Waals surface area (Å²) in [6.45, 7) is 3.03. The average molecular weight is 577 g/mol. The van der Waals surface area contributed by atoms with Gasteiger partial charge in [-0.05, 0) is 48.9 Å². The number of aromatic nitrogens is 1. The number of carbonyl (C=O) groups excluding carboxylic acids is 1. The highest BCUT2D eigenvalue weighted by Crippen LogP contribution is 2.39. The summed E-state index contributed by atoms with van der Waals surface area (Å²) in [6, 6.07) is 18.6. The lowest BCUT2D eigenvalue weighted by Crippen LogP contribution is -2.35. The molecule has 4 aromatic rings. The Bertz CT molecular complexity index is 1650. The fourth-order valence-electron chi connectivity index (χ4n) is 5.02. The number of para-hydroxylation sites is 1. The molecule has 3 aromatic carbocycles. The monoisotopic (exact) mass is 576 g/mol. The molecule has 1 aliphatic heterocycles. The summed E-state index contributed by atoms with van der Waals surface area (Å²) in [6.07, 6.45) is 2.33. The SMILES string of the molecule is COc1ccc(CN2CCCN(C(=O)c3ccc(NS(=O)(=O)c4cccc5cccnc45)cc3)CC2)c(O)c1OC. The second-order valence-electron chi connectivity index (χ2n) is 9.74. The highest BCUT2D eigenvalue weighted by molar-refractivity contribution is 7.93. The number of fused-ring (bicyclic) bond motifs is 1. The third kappa shape index (κ3) is 6.06. The van der Waals surface area contributed by atoms with Gasteiger partial charge in [0.2, 0.25) is 5.75 Å². The largest absolute Gasteiger partial charge is 0.504 e. The lowest BCUT2D eigenvalue weighted by molar-refractivity contribution is 0.0761. The van der Waals surface area contributed by atoms with Crippen LogP contribution in [0.15, 0.2) is 77.8 Å². The van der Waals surface area contributed by atoms with Gasteiger partial charge in [0, 0.05) is 61.1 Å². The van der Waals surface area contributed by atoms with Crippen LogP contribution in [0.25, 0.3) is 10.9 Å². The summed E-state index contributed by atoms with van der Waals surface area (Å²) >= 11 is 0. The molecule has 1 fully saturated rings. The fourth-order valence-corrected chi connectivity index (χ4v) is 6.26. The molecule has 11 heteroatoms. The number of benzene rings is 3. The summed E-state index contributed by atoms with van der Waals surface area (Å²) in [5.74, 6) is 0.701. The Labute approximate surface area is 239 Å². The number of methoxy groups -OCH3 is 2. The van der Waals surface area contributed by atoms with Crippen molar-refractivity contribution in [3.63, 3.8) is 0 Å². The number of nitrogens with one attached hydrogen (secondary N) is 1. The molecule has 41 heavy (non-hydrogen) atoms. The molecule has 214 valence electrons. The molecule has 0 saturated carbocycles. The van der Waals surface area contributed by atoms with Crippen LogP contribution in [0.1, 0.15) is 22.3 Å². The van der Waals surface area contributed by atoms with E-state index in [2.05, 4.69) is 14.6 Å². The normalized spacial score (nSPS) is 14.4. The first kappa shape index (κ1) is 28.2. The third-order valence-electron chi connectivity index (χ3n) is 7.14. The van der Waals surface area contributed by atoms with Gasteiger partial charge in [-0.1, -0.05) is 24.3 Å². The minimum atomic E-state index is -3.89. The van der Waals surface area contributed by atoms with E-state index in [1.54, 1.807) is 53.6 Å². The van der Waals surface area contributed by atoms with Gasteiger partial charge in [-0.15, -0.1) is 0 Å². The van der Waals surface area contributed by atoms with Crippen molar-refractivity contribution in [3.8, 4) is 17.2 Å². The minimum Gasteiger partial charge on any atom is -0.504 e. The van der Waals surface area contributed by atoms with Gasteiger partial charge in [0.15, 0.2) is 11.5 Å². The Hall–Kier alpha value is -4.35. The Balaban J connectivity index is 1.23. The van der Waals surface area contributed by atoms with Crippen LogP contribution in [-0.2, 0) is 16.6 Å². The van der Waals surface area contributed by atoms with E-state index in [0.717, 1.165) is 23.9 Å². The highest BCUT2D eigenvalue weighted by atomic mass is 32.2. The number of carbonyl (C=O) groups is 1.